The van der Waals surface area contributed by atoms with Gasteiger partial charge >= 0.3 is 0 Å². The fraction of sp³-hybridized carbons (Fsp3) is 0.333. The monoisotopic (exact) mass is 268 g/mol. The Labute approximate surface area is 117 Å². The molecule has 2 aromatic heterocycles. The number of hydrogen-bond donors (Lipinski definition) is 1. The van der Waals surface area contributed by atoms with Crippen molar-refractivity contribution >= 4 is 11.7 Å². The summed E-state index contributed by atoms with van der Waals surface area (Å²) >= 11 is 0. The lowest BCUT2D eigenvalue weighted by molar-refractivity contribution is -0.115. The van der Waals surface area contributed by atoms with E-state index in [0.29, 0.717) is 11.7 Å². The van der Waals surface area contributed by atoms with Crippen molar-refractivity contribution in [3.8, 4) is 0 Å². The second-order valence-corrected chi connectivity index (χ2v) is 5.02. The molecule has 0 atom stereocenters. The molecule has 0 spiro atoms. The van der Waals surface area contributed by atoms with Crippen LogP contribution in [0.4, 0.5) is 5.82 Å². The van der Waals surface area contributed by atoms with Gasteiger partial charge in [-0.25, -0.2) is 0 Å². The average Bonchev–Trinajstić information content (AvgIpc) is 2.40. The smallest absolute Gasteiger partial charge is 0.231 e. The van der Waals surface area contributed by atoms with Crippen molar-refractivity contribution in [2.24, 2.45) is 0 Å². The molecule has 102 valence electrons. The number of hydrogen-bond acceptors (Lipinski definition) is 4. The minimum atomic E-state index is -0.130. The number of carbonyl (C=O) groups excluding carboxylic acids is 1. The van der Waals surface area contributed by atoms with Gasteiger partial charge in [-0.15, -0.1) is 5.10 Å². The summed E-state index contributed by atoms with van der Waals surface area (Å²) in [5.74, 6) is 0.921. The van der Waals surface area contributed by atoms with Crippen LogP contribution in [0.2, 0.25) is 0 Å². The number of anilines is 1. The van der Waals surface area contributed by atoms with E-state index in [2.05, 4.69) is 20.5 Å². The predicted molar refractivity (Wildman–Crippen MR) is 75.2 cm³/mol. The zero-order chi connectivity index (χ0) is 13.8. The SMILES string of the molecule is O=C(Cc1ccccn1)Nc1ccc(C2CCC2)nn1. The van der Waals surface area contributed by atoms with Gasteiger partial charge in [-0.2, -0.15) is 5.10 Å². The van der Waals surface area contributed by atoms with Gasteiger partial charge in [0.15, 0.2) is 5.82 Å². The third-order valence-electron chi connectivity index (χ3n) is 3.54. The summed E-state index contributed by atoms with van der Waals surface area (Å²) in [5.41, 5.74) is 1.77. The number of pyridine rings is 1. The molecule has 3 rings (SSSR count). The van der Waals surface area contributed by atoms with Crippen molar-refractivity contribution in [1.82, 2.24) is 15.2 Å². The third kappa shape index (κ3) is 2.99. The molecule has 0 unspecified atom stereocenters. The zero-order valence-corrected chi connectivity index (χ0v) is 11.1. The van der Waals surface area contributed by atoms with E-state index >= 15 is 0 Å². The largest absolute Gasteiger partial charge is 0.309 e. The summed E-state index contributed by atoms with van der Waals surface area (Å²) in [5, 5.41) is 11.0. The molecule has 0 aromatic carbocycles. The van der Waals surface area contributed by atoms with Crippen LogP contribution >= 0.6 is 0 Å². The second-order valence-electron chi connectivity index (χ2n) is 5.02. The molecule has 1 aliphatic rings. The Balaban J connectivity index is 1.58. The van der Waals surface area contributed by atoms with Crippen molar-refractivity contribution < 1.29 is 4.79 Å². The first-order valence-corrected chi connectivity index (χ1v) is 6.84. The van der Waals surface area contributed by atoms with Crippen LogP contribution in [0.3, 0.4) is 0 Å². The topological polar surface area (TPSA) is 67.8 Å². The number of amides is 1. The van der Waals surface area contributed by atoms with Crippen molar-refractivity contribution in [2.45, 2.75) is 31.6 Å². The van der Waals surface area contributed by atoms with Gasteiger partial charge in [0.2, 0.25) is 5.91 Å². The van der Waals surface area contributed by atoms with E-state index in [1.165, 1.54) is 19.3 Å². The molecule has 2 heterocycles. The first-order chi connectivity index (χ1) is 9.81. The summed E-state index contributed by atoms with van der Waals surface area (Å²) in [7, 11) is 0. The normalized spacial score (nSPS) is 14.6. The Morgan fingerprint density at radius 1 is 1.20 bits per heavy atom. The molecule has 5 nitrogen and oxygen atoms in total. The van der Waals surface area contributed by atoms with E-state index in [-0.39, 0.29) is 12.3 Å². The van der Waals surface area contributed by atoms with E-state index < -0.39 is 0 Å². The van der Waals surface area contributed by atoms with Crippen LogP contribution in [0.5, 0.6) is 0 Å². The minimum absolute atomic E-state index is 0.130. The Kier molecular flexibility index (Phi) is 3.67. The van der Waals surface area contributed by atoms with Gasteiger partial charge in [0.05, 0.1) is 12.1 Å². The van der Waals surface area contributed by atoms with Crippen LogP contribution in [0.15, 0.2) is 36.5 Å². The Bertz CT molecular complexity index is 579. The summed E-state index contributed by atoms with van der Waals surface area (Å²) in [6.45, 7) is 0. The van der Waals surface area contributed by atoms with Gasteiger partial charge < -0.3 is 5.32 Å². The molecule has 1 fully saturated rings. The molecule has 1 N–H and O–H groups in total. The second kappa shape index (κ2) is 5.77. The van der Waals surface area contributed by atoms with Gasteiger partial charge in [0.25, 0.3) is 0 Å². The number of rotatable bonds is 4. The van der Waals surface area contributed by atoms with Crippen molar-refractivity contribution in [2.75, 3.05) is 5.32 Å². The zero-order valence-electron chi connectivity index (χ0n) is 11.1. The Hall–Kier alpha value is -2.30. The maximum atomic E-state index is 11.8. The van der Waals surface area contributed by atoms with Crippen LogP contribution in [-0.2, 0) is 11.2 Å². The number of aromatic nitrogens is 3. The molecule has 1 amide bonds. The van der Waals surface area contributed by atoms with Crippen LogP contribution in [0.25, 0.3) is 0 Å². The van der Waals surface area contributed by atoms with Gasteiger partial charge in [-0.05, 0) is 37.1 Å². The first-order valence-electron chi connectivity index (χ1n) is 6.84. The lowest BCUT2D eigenvalue weighted by Crippen LogP contribution is -2.17. The van der Waals surface area contributed by atoms with Crippen molar-refractivity contribution in [3.05, 3.63) is 47.9 Å². The molecule has 1 saturated carbocycles. The number of nitrogens with zero attached hydrogens (tertiary/aromatic N) is 3. The van der Waals surface area contributed by atoms with Gasteiger partial charge in [-0.3, -0.25) is 9.78 Å². The maximum absolute atomic E-state index is 11.8. The van der Waals surface area contributed by atoms with E-state index in [0.717, 1.165) is 11.4 Å². The fourth-order valence-corrected chi connectivity index (χ4v) is 2.19. The molecular weight excluding hydrogens is 252 g/mol. The third-order valence-corrected chi connectivity index (χ3v) is 3.54. The first kappa shape index (κ1) is 12.7. The lowest BCUT2D eigenvalue weighted by Gasteiger charge is -2.23. The molecule has 1 aliphatic carbocycles. The standard InChI is InChI=1S/C15H16N4O/c20-15(10-12-6-1-2-9-16-12)17-14-8-7-13(18-19-14)11-4-3-5-11/h1-2,6-9,11H,3-5,10H2,(H,17,19,20). The van der Waals surface area contributed by atoms with Crippen LogP contribution in [0, 0.1) is 0 Å². The molecule has 0 aliphatic heterocycles. The quantitative estimate of drug-likeness (QED) is 0.924. The van der Waals surface area contributed by atoms with E-state index in [9.17, 15) is 4.79 Å². The van der Waals surface area contributed by atoms with Crippen molar-refractivity contribution in [3.63, 3.8) is 0 Å². The molecule has 20 heavy (non-hydrogen) atoms. The van der Waals surface area contributed by atoms with Gasteiger partial charge in [0.1, 0.15) is 0 Å². The van der Waals surface area contributed by atoms with Gasteiger partial charge in [-0.1, -0.05) is 12.5 Å². The molecule has 0 radical (unpaired) electrons. The predicted octanol–water partition coefficient (Wildman–Crippen LogP) is 2.32. The minimum Gasteiger partial charge on any atom is -0.309 e. The van der Waals surface area contributed by atoms with Crippen molar-refractivity contribution in [1.29, 1.82) is 0 Å². The highest BCUT2D eigenvalue weighted by molar-refractivity contribution is 5.90. The van der Waals surface area contributed by atoms with Gasteiger partial charge in [0, 0.05) is 17.8 Å². The highest BCUT2D eigenvalue weighted by Gasteiger charge is 2.21. The summed E-state index contributed by atoms with van der Waals surface area (Å²) in [6, 6.07) is 9.28. The summed E-state index contributed by atoms with van der Waals surface area (Å²) in [6.07, 6.45) is 5.58. The maximum Gasteiger partial charge on any atom is 0.231 e. The average molecular weight is 268 g/mol. The molecular formula is C15H16N4O. The Morgan fingerprint density at radius 3 is 2.70 bits per heavy atom. The number of carbonyl (C=O) groups is 1. The summed E-state index contributed by atoms with van der Waals surface area (Å²) < 4.78 is 0. The molecule has 5 heteroatoms. The molecule has 2 aromatic rings. The number of nitrogens with one attached hydrogen (secondary N) is 1. The Morgan fingerprint density at radius 2 is 2.10 bits per heavy atom. The lowest BCUT2D eigenvalue weighted by atomic mass is 9.83. The van der Waals surface area contributed by atoms with E-state index in [4.69, 9.17) is 0 Å². The molecule has 0 saturated heterocycles. The van der Waals surface area contributed by atoms with Crippen LogP contribution in [-0.4, -0.2) is 21.1 Å². The molecule has 0 bridgehead atoms. The fourth-order valence-electron chi connectivity index (χ4n) is 2.19. The summed E-state index contributed by atoms with van der Waals surface area (Å²) in [4.78, 5) is 16.0. The van der Waals surface area contributed by atoms with E-state index in [1.807, 2.05) is 30.3 Å². The van der Waals surface area contributed by atoms with Crippen LogP contribution in [0.1, 0.15) is 36.6 Å². The van der Waals surface area contributed by atoms with Crippen LogP contribution < -0.4 is 5.32 Å². The van der Waals surface area contributed by atoms with E-state index in [1.54, 1.807) is 6.20 Å². The highest BCUT2D eigenvalue weighted by atomic mass is 16.1. The highest BCUT2D eigenvalue weighted by Crippen LogP contribution is 2.34.